The number of nitrogens with one attached hydrogen (secondary N) is 1. The van der Waals surface area contributed by atoms with E-state index in [0.717, 1.165) is 5.76 Å². The van der Waals surface area contributed by atoms with Crippen molar-refractivity contribution in [1.29, 1.82) is 0 Å². The van der Waals surface area contributed by atoms with Crippen LogP contribution in [0.3, 0.4) is 0 Å². The molecule has 1 N–H and O–H groups in total. The van der Waals surface area contributed by atoms with Crippen LogP contribution < -0.4 is 5.32 Å². The minimum atomic E-state index is -0.554. The molecule has 0 aliphatic carbocycles. The molecule has 0 fully saturated rings. The lowest BCUT2D eigenvalue weighted by Gasteiger charge is -2.01. The molecule has 0 bridgehead atoms. The van der Waals surface area contributed by atoms with E-state index in [1.807, 2.05) is 6.07 Å². The Balaban J connectivity index is 1.98. The second-order valence-electron chi connectivity index (χ2n) is 2.66. The van der Waals surface area contributed by atoms with E-state index in [-0.39, 0.29) is 0 Å². The fourth-order valence-corrected chi connectivity index (χ4v) is 1.02. The average molecular weight is 193 g/mol. The van der Waals surface area contributed by atoms with Crippen LogP contribution in [0, 0.1) is 5.95 Å². The Labute approximate surface area is 79.8 Å². The van der Waals surface area contributed by atoms with Gasteiger partial charge in [0, 0.05) is 6.07 Å². The summed E-state index contributed by atoms with van der Waals surface area (Å²) in [6.45, 7) is 0.476. The van der Waals surface area contributed by atoms with Crippen molar-refractivity contribution in [2.45, 2.75) is 6.54 Å². The van der Waals surface area contributed by atoms with Crippen LogP contribution in [0.25, 0.3) is 0 Å². The summed E-state index contributed by atoms with van der Waals surface area (Å²) in [6, 6.07) is 4.84. The van der Waals surface area contributed by atoms with E-state index in [1.54, 1.807) is 12.3 Å². The first-order valence-electron chi connectivity index (χ1n) is 4.08. The fraction of sp³-hybridized carbons (Fsp3) is 0.111. The van der Waals surface area contributed by atoms with Crippen molar-refractivity contribution in [3.05, 3.63) is 42.5 Å². The van der Waals surface area contributed by atoms with E-state index in [9.17, 15) is 4.39 Å². The summed E-state index contributed by atoms with van der Waals surface area (Å²) in [5.74, 6) is 0.653. The monoisotopic (exact) mass is 193 g/mol. The van der Waals surface area contributed by atoms with Gasteiger partial charge in [-0.05, 0) is 12.1 Å². The van der Waals surface area contributed by atoms with Crippen molar-refractivity contribution in [3.63, 3.8) is 0 Å². The van der Waals surface area contributed by atoms with Gasteiger partial charge in [0.15, 0.2) is 0 Å². The van der Waals surface area contributed by atoms with Crippen LogP contribution in [-0.4, -0.2) is 9.97 Å². The molecule has 4 nitrogen and oxygen atoms in total. The molecule has 0 unspecified atom stereocenters. The van der Waals surface area contributed by atoms with Crippen molar-refractivity contribution in [3.8, 4) is 0 Å². The third-order valence-electron chi connectivity index (χ3n) is 1.66. The van der Waals surface area contributed by atoms with Crippen LogP contribution in [0.5, 0.6) is 0 Å². The summed E-state index contributed by atoms with van der Waals surface area (Å²) in [4.78, 5) is 7.18. The molecule has 0 aromatic carbocycles. The SMILES string of the molecule is Fc1cc(NCc2ccco2)ncn1. The van der Waals surface area contributed by atoms with E-state index < -0.39 is 5.95 Å². The number of rotatable bonds is 3. The predicted molar refractivity (Wildman–Crippen MR) is 48.0 cm³/mol. The fourth-order valence-electron chi connectivity index (χ4n) is 1.02. The third kappa shape index (κ3) is 2.07. The van der Waals surface area contributed by atoms with E-state index in [1.165, 1.54) is 12.4 Å². The maximum Gasteiger partial charge on any atom is 0.217 e. The third-order valence-corrected chi connectivity index (χ3v) is 1.66. The molecule has 0 saturated carbocycles. The standard InChI is InChI=1S/C9H8FN3O/c10-8-4-9(13-6-12-8)11-5-7-2-1-3-14-7/h1-4,6H,5H2,(H,11,12,13). The van der Waals surface area contributed by atoms with Crippen molar-refractivity contribution in [2.75, 3.05) is 5.32 Å². The van der Waals surface area contributed by atoms with Crippen LogP contribution in [-0.2, 0) is 6.54 Å². The summed E-state index contributed by atoms with van der Waals surface area (Å²) in [7, 11) is 0. The van der Waals surface area contributed by atoms with Crippen LogP contribution in [0.1, 0.15) is 5.76 Å². The molecular formula is C9H8FN3O. The topological polar surface area (TPSA) is 51.0 Å². The number of nitrogens with zero attached hydrogens (tertiary/aromatic N) is 2. The van der Waals surface area contributed by atoms with Gasteiger partial charge in [-0.2, -0.15) is 4.39 Å². The lowest BCUT2D eigenvalue weighted by Crippen LogP contribution is -2.01. The van der Waals surface area contributed by atoms with E-state index in [2.05, 4.69) is 15.3 Å². The minimum Gasteiger partial charge on any atom is -0.467 e. The summed E-state index contributed by atoms with van der Waals surface area (Å²) in [5, 5.41) is 2.90. The molecule has 5 heteroatoms. The van der Waals surface area contributed by atoms with E-state index in [4.69, 9.17) is 4.42 Å². The first kappa shape index (κ1) is 8.68. The number of hydrogen-bond donors (Lipinski definition) is 1. The van der Waals surface area contributed by atoms with Crippen molar-refractivity contribution in [2.24, 2.45) is 0 Å². The Hall–Kier alpha value is -1.91. The molecule has 2 heterocycles. The number of aromatic nitrogens is 2. The Morgan fingerprint density at radius 3 is 3.07 bits per heavy atom. The van der Waals surface area contributed by atoms with Crippen LogP contribution in [0.4, 0.5) is 10.2 Å². The molecule has 2 rings (SSSR count). The van der Waals surface area contributed by atoms with Gasteiger partial charge >= 0.3 is 0 Å². The van der Waals surface area contributed by atoms with E-state index >= 15 is 0 Å². The number of furan rings is 1. The van der Waals surface area contributed by atoms with Gasteiger partial charge in [0.25, 0.3) is 0 Å². The second kappa shape index (κ2) is 3.87. The highest BCUT2D eigenvalue weighted by atomic mass is 19.1. The Bertz CT molecular complexity index is 402. The van der Waals surface area contributed by atoms with Gasteiger partial charge < -0.3 is 9.73 Å². The predicted octanol–water partition coefficient (Wildman–Crippen LogP) is 1.82. The highest BCUT2D eigenvalue weighted by Gasteiger charge is 1.98. The average Bonchev–Trinajstić information content (AvgIpc) is 2.67. The molecule has 0 spiro atoms. The van der Waals surface area contributed by atoms with Crippen molar-refractivity contribution in [1.82, 2.24) is 9.97 Å². The molecular weight excluding hydrogens is 185 g/mol. The zero-order valence-corrected chi connectivity index (χ0v) is 7.27. The quantitative estimate of drug-likeness (QED) is 0.755. The second-order valence-corrected chi connectivity index (χ2v) is 2.66. The molecule has 0 amide bonds. The van der Waals surface area contributed by atoms with Crippen LogP contribution in [0.2, 0.25) is 0 Å². The first-order valence-corrected chi connectivity index (χ1v) is 4.08. The number of anilines is 1. The normalized spacial score (nSPS) is 10.1. The highest BCUT2D eigenvalue weighted by molar-refractivity contribution is 5.32. The van der Waals surface area contributed by atoms with Gasteiger partial charge in [0.05, 0.1) is 12.8 Å². The van der Waals surface area contributed by atoms with Gasteiger partial charge in [-0.25, -0.2) is 9.97 Å². The maximum atomic E-state index is 12.6. The molecule has 0 aliphatic heterocycles. The zero-order chi connectivity index (χ0) is 9.80. The number of halogens is 1. The number of hydrogen-bond acceptors (Lipinski definition) is 4. The molecule has 72 valence electrons. The molecule has 2 aromatic rings. The zero-order valence-electron chi connectivity index (χ0n) is 7.27. The summed E-state index contributed by atoms with van der Waals surface area (Å²) in [6.07, 6.45) is 2.75. The molecule has 0 atom stereocenters. The lowest BCUT2D eigenvalue weighted by molar-refractivity contribution is 0.517. The van der Waals surface area contributed by atoms with E-state index in [0.29, 0.717) is 12.4 Å². The minimum absolute atomic E-state index is 0.439. The van der Waals surface area contributed by atoms with Gasteiger partial charge in [-0.3, -0.25) is 0 Å². The van der Waals surface area contributed by atoms with Gasteiger partial charge in [0.2, 0.25) is 5.95 Å². The molecule has 14 heavy (non-hydrogen) atoms. The lowest BCUT2D eigenvalue weighted by atomic mass is 10.4. The van der Waals surface area contributed by atoms with Gasteiger partial charge in [-0.15, -0.1) is 0 Å². The highest BCUT2D eigenvalue weighted by Crippen LogP contribution is 2.06. The van der Waals surface area contributed by atoms with Crippen LogP contribution in [0.15, 0.2) is 35.2 Å². The first-order chi connectivity index (χ1) is 6.84. The molecule has 2 aromatic heterocycles. The largest absolute Gasteiger partial charge is 0.467 e. The summed E-state index contributed by atoms with van der Waals surface area (Å²) >= 11 is 0. The maximum absolute atomic E-state index is 12.6. The van der Waals surface area contributed by atoms with Crippen LogP contribution >= 0.6 is 0 Å². The Kier molecular flexibility index (Phi) is 2.40. The van der Waals surface area contributed by atoms with Gasteiger partial charge in [0.1, 0.15) is 17.9 Å². The molecule has 0 aliphatic rings. The Morgan fingerprint density at radius 2 is 2.36 bits per heavy atom. The summed E-state index contributed by atoms with van der Waals surface area (Å²) in [5.41, 5.74) is 0. The van der Waals surface area contributed by atoms with Gasteiger partial charge in [-0.1, -0.05) is 0 Å². The van der Waals surface area contributed by atoms with Crippen molar-refractivity contribution < 1.29 is 8.81 Å². The Morgan fingerprint density at radius 1 is 1.43 bits per heavy atom. The molecule has 0 saturated heterocycles. The smallest absolute Gasteiger partial charge is 0.217 e. The van der Waals surface area contributed by atoms with Crippen molar-refractivity contribution >= 4 is 5.82 Å². The summed E-state index contributed by atoms with van der Waals surface area (Å²) < 4.78 is 17.7. The molecule has 0 radical (unpaired) electrons.